The standard InChI is InChI=1S/C7H5Cl3N2O3.C7H8N2O4.C5H7N.CH3O.Na/c1-11-3-4(12(14)15)2-5(11)6(13)7(8,9)10;1-8-4-5(9(11)12)3-6(8)7(10)13-2;1-6-4-2-3-5-6;1-2;/h2-3H,1H3;3-4H,1-2H3;2-5H,1H3;1H3;/q;;;-1;+1. The molecule has 13 nitrogen and oxygen atoms in total. The molecule has 3 rings (SSSR count). The van der Waals surface area contributed by atoms with Gasteiger partial charge in [0.15, 0.2) is 0 Å². The summed E-state index contributed by atoms with van der Waals surface area (Å²) in [4.78, 5) is 42.0. The van der Waals surface area contributed by atoms with Gasteiger partial charge in [-0.25, -0.2) is 4.79 Å². The number of ketones is 1. The molecule has 0 N–H and O–H groups in total. The normalized spacial score (nSPS) is 9.65. The summed E-state index contributed by atoms with van der Waals surface area (Å²) in [5, 5.41) is 29.0. The molecule has 0 aliphatic rings. The van der Waals surface area contributed by atoms with E-state index in [2.05, 4.69) is 4.74 Å². The zero-order valence-corrected chi connectivity index (χ0v) is 25.0. The number of nitro groups is 2. The molecule has 0 radical (unpaired) electrons. The molecule has 37 heavy (non-hydrogen) atoms. The van der Waals surface area contributed by atoms with E-state index in [1.165, 1.54) is 41.8 Å². The van der Waals surface area contributed by atoms with Crippen LogP contribution in [0, 0.1) is 20.2 Å². The van der Waals surface area contributed by atoms with E-state index in [1.807, 2.05) is 36.1 Å². The van der Waals surface area contributed by atoms with Gasteiger partial charge in [-0.2, -0.15) is 7.11 Å². The van der Waals surface area contributed by atoms with Gasteiger partial charge in [-0.1, -0.05) is 34.8 Å². The summed E-state index contributed by atoms with van der Waals surface area (Å²) in [5.41, 5.74) is -0.214. The molecule has 0 amide bonds. The summed E-state index contributed by atoms with van der Waals surface area (Å²) >= 11 is 16.1. The largest absolute Gasteiger partial charge is 1.00 e. The predicted molar refractivity (Wildman–Crippen MR) is 131 cm³/mol. The molecule has 3 aromatic heterocycles. The Labute approximate surface area is 249 Å². The van der Waals surface area contributed by atoms with Gasteiger partial charge < -0.3 is 23.5 Å². The number of Topliss-reactive ketones (excluding diaryl/α,β-unsaturated/α-hetero) is 1. The molecule has 0 atom stereocenters. The zero-order chi connectivity index (χ0) is 28.2. The number of hydrogen-bond acceptors (Lipinski definition) is 8. The number of ether oxygens (including phenoxy) is 1. The van der Waals surface area contributed by atoms with Gasteiger partial charge in [0.05, 0.1) is 35.0 Å². The molecule has 0 aromatic carbocycles. The van der Waals surface area contributed by atoms with Crippen LogP contribution in [0.2, 0.25) is 0 Å². The van der Waals surface area contributed by atoms with Gasteiger partial charge >= 0.3 is 35.5 Å². The molecule has 0 spiro atoms. The summed E-state index contributed by atoms with van der Waals surface area (Å²) in [6.45, 7) is 0. The van der Waals surface area contributed by atoms with Gasteiger partial charge in [-0.3, -0.25) is 25.0 Å². The van der Waals surface area contributed by atoms with Crippen LogP contribution in [0.4, 0.5) is 11.4 Å². The summed E-state index contributed by atoms with van der Waals surface area (Å²) in [6.07, 6.45) is 6.43. The fourth-order valence-electron chi connectivity index (χ4n) is 2.39. The van der Waals surface area contributed by atoms with Gasteiger partial charge in [-0.05, 0) is 12.1 Å². The molecule has 198 valence electrons. The summed E-state index contributed by atoms with van der Waals surface area (Å²) < 4.78 is 6.91. The Balaban J connectivity index is 0. The number of esters is 1. The Hall–Kier alpha value is -2.39. The molecule has 0 saturated carbocycles. The van der Waals surface area contributed by atoms with Crippen LogP contribution >= 0.6 is 34.8 Å². The maximum Gasteiger partial charge on any atom is 1.00 e. The van der Waals surface area contributed by atoms with Crippen molar-refractivity contribution < 1.29 is 58.8 Å². The van der Waals surface area contributed by atoms with Gasteiger partial charge in [0.2, 0.25) is 5.78 Å². The quantitative estimate of drug-likeness (QED) is 0.104. The molecule has 0 fully saturated rings. The van der Waals surface area contributed by atoms with Crippen molar-refractivity contribution in [1.29, 1.82) is 0 Å². The molecule has 0 saturated heterocycles. The van der Waals surface area contributed by atoms with E-state index in [0.717, 1.165) is 13.2 Å². The fraction of sp³-hybridized carbons (Fsp3) is 0.300. The van der Waals surface area contributed by atoms with Crippen molar-refractivity contribution in [2.24, 2.45) is 21.1 Å². The van der Waals surface area contributed by atoms with Crippen molar-refractivity contribution in [3.8, 4) is 0 Å². The molecule has 3 aromatic rings. The number of hydrogen-bond donors (Lipinski definition) is 0. The first-order valence-corrected chi connectivity index (χ1v) is 10.6. The van der Waals surface area contributed by atoms with Gasteiger partial charge in [0.1, 0.15) is 5.69 Å². The van der Waals surface area contributed by atoms with E-state index >= 15 is 0 Å². The van der Waals surface area contributed by atoms with Crippen LogP contribution < -0.4 is 34.7 Å². The second-order valence-corrected chi connectivity index (χ2v) is 8.85. The van der Waals surface area contributed by atoms with E-state index in [0.29, 0.717) is 0 Å². The first-order chi connectivity index (χ1) is 16.7. The van der Waals surface area contributed by atoms with Crippen LogP contribution in [0.15, 0.2) is 49.1 Å². The third-order valence-corrected chi connectivity index (χ3v) is 4.56. The molecular weight excluding hydrogens is 568 g/mol. The monoisotopic (exact) mass is 589 g/mol. The molecule has 0 bridgehead atoms. The first kappa shape index (κ1) is 36.8. The van der Waals surface area contributed by atoms with Crippen molar-refractivity contribution in [3.05, 3.63) is 80.7 Å². The number of rotatable bonds is 4. The number of nitrogens with zero attached hydrogens (tertiary/aromatic N) is 5. The molecule has 3 heterocycles. The minimum Gasteiger partial charge on any atom is -0.857 e. The van der Waals surface area contributed by atoms with Crippen LogP contribution in [-0.2, 0) is 25.9 Å². The number of aromatic nitrogens is 3. The van der Waals surface area contributed by atoms with Crippen molar-refractivity contribution in [1.82, 2.24) is 13.7 Å². The second-order valence-electron chi connectivity index (χ2n) is 6.57. The average Bonchev–Trinajstić information content (AvgIpc) is 3.54. The number of carbonyl (C=O) groups excluding carboxylic acids is 2. The van der Waals surface area contributed by atoms with Crippen molar-refractivity contribution in [2.75, 3.05) is 14.2 Å². The van der Waals surface area contributed by atoms with E-state index in [-0.39, 0.29) is 52.3 Å². The Bertz CT molecular complexity index is 1170. The van der Waals surface area contributed by atoms with Crippen molar-refractivity contribution in [2.45, 2.75) is 3.79 Å². The van der Waals surface area contributed by atoms with E-state index in [1.54, 1.807) is 7.05 Å². The number of halogens is 3. The fourth-order valence-corrected chi connectivity index (χ4v) is 2.68. The number of methoxy groups -OCH3 is 1. The Morgan fingerprint density at radius 3 is 1.51 bits per heavy atom. The Morgan fingerprint density at radius 1 is 0.865 bits per heavy atom. The third-order valence-electron chi connectivity index (χ3n) is 4.04. The maximum absolute atomic E-state index is 11.5. The predicted octanol–water partition coefficient (Wildman–Crippen LogP) is 0.212. The SMILES string of the molecule is COC(=O)c1cc([N+](=O)[O-])cn1C.C[O-].Cn1cc([N+](=O)[O-])cc1C(=O)C(Cl)(Cl)Cl.Cn1cccc1.[Na+]. The molecule has 0 unspecified atom stereocenters. The minimum atomic E-state index is -2.11. The molecule has 0 aliphatic heterocycles. The molecule has 0 aliphatic carbocycles. The smallest absolute Gasteiger partial charge is 0.857 e. The third kappa shape index (κ3) is 12.1. The van der Waals surface area contributed by atoms with Crippen molar-refractivity contribution >= 4 is 57.9 Å². The van der Waals surface area contributed by atoms with E-state index in [9.17, 15) is 29.8 Å². The average molecular weight is 591 g/mol. The second kappa shape index (κ2) is 17.2. The van der Waals surface area contributed by atoms with Crippen LogP contribution in [0.3, 0.4) is 0 Å². The van der Waals surface area contributed by atoms with E-state index in [4.69, 9.17) is 39.9 Å². The van der Waals surface area contributed by atoms with Crippen LogP contribution in [0.25, 0.3) is 0 Å². The molecule has 17 heteroatoms. The molecular formula is C20H23Cl3N5NaO8. The Morgan fingerprint density at radius 2 is 1.24 bits per heavy atom. The topological polar surface area (TPSA) is 168 Å². The van der Waals surface area contributed by atoms with Crippen LogP contribution in [0.1, 0.15) is 21.0 Å². The van der Waals surface area contributed by atoms with Crippen molar-refractivity contribution in [3.63, 3.8) is 0 Å². The summed E-state index contributed by atoms with van der Waals surface area (Å²) in [7, 11) is 6.97. The number of aryl methyl sites for hydroxylation is 3. The number of carbonyl (C=O) groups is 2. The van der Waals surface area contributed by atoms with Crippen LogP contribution in [0.5, 0.6) is 0 Å². The summed E-state index contributed by atoms with van der Waals surface area (Å²) in [6, 6.07) is 6.23. The first-order valence-electron chi connectivity index (χ1n) is 9.48. The maximum atomic E-state index is 11.5. The van der Waals surface area contributed by atoms with Gasteiger partial charge in [0.25, 0.3) is 15.2 Å². The summed E-state index contributed by atoms with van der Waals surface area (Å²) in [5.74, 6) is -1.39. The van der Waals surface area contributed by atoms with Gasteiger partial charge in [-0.15, -0.1) is 0 Å². The minimum absolute atomic E-state index is 0. The van der Waals surface area contributed by atoms with Gasteiger partial charge in [0, 0.05) is 45.7 Å². The Kier molecular flexibility index (Phi) is 17.1. The van der Waals surface area contributed by atoms with Crippen LogP contribution in [-0.4, -0.2) is 53.3 Å². The number of alkyl halides is 3. The zero-order valence-electron chi connectivity index (χ0n) is 20.8. The van der Waals surface area contributed by atoms with E-state index < -0.39 is 25.4 Å².